The third kappa shape index (κ3) is 2.96. The van der Waals surface area contributed by atoms with E-state index < -0.39 is 0 Å². The van der Waals surface area contributed by atoms with Crippen molar-refractivity contribution in [1.82, 2.24) is 10.1 Å². The minimum Gasteiger partial charge on any atom is -0.496 e. The smallest absolute Gasteiger partial charge is 0.276 e. The first-order valence-electron chi connectivity index (χ1n) is 8.04. The highest BCUT2D eigenvalue weighted by Gasteiger charge is 2.31. The molecule has 23 heavy (non-hydrogen) atoms. The van der Waals surface area contributed by atoms with Gasteiger partial charge in [-0.15, -0.1) is 0 Å². The monoisotopic (exact) mass is 314 g/mol. The summed E-state index contributed by atoms with van der Waals surface area (Å²) in [6, 6.07) is 9.70. The van der Waals surface area contributed by atoms with Crippen LogP contribution >= 0.6 is 0 Å². The molecule has 1 aliphatic rings. The van der Waals surface area contributed by atoms with Crippen molar-refractivity contribution in [2.75, 3.05) is 7.11 Å². The fourth-order valence-corrected chi connectivity index (χ4v) is 3.31. The Morgan fingerprint density at radius 1 is 1.26 bits per heavy atom. The van der Waals surface area contributed by atoms with Crippen LogP contribution in [0.1, 0.15) is 43.6 Å². The Bertz CT molecular complexity index is 685. The summed E-state index contributed by atoms with van der Waals surface area (Å²) in [5.41, 5.74) is 1.15. The number of benzene rings is 1. The molecule has 0 spiro atoms. The molecule has 2 unspecified atom stereocenters. The zero-order valence-electron chi connectivity index (χ0n) is 13.8. The van der Waals surface area contributed by atoms with Crippen LogP contribution < -0.4 is 4.74 Å². The van der Waals surface area contributed by atoms with Crippen molar-refractivity contribution >= 4 is 5.91 Å². The number of carbonyl (C=O) groups is 1. The van der Waals surface area contributed by atoms with E-state index in [4.69, 9.17) is 9.26 Å². The van der Waals surface area contributed by atoms with Gasteiger partial charge in [0.1, 0.15) is 5.75 Å². The number of para-hydroxylation sites is 1. The lowest BCUT2D eigenvalue weighted by molar-refractivity contribution is 0.0500. The molecule has 2 aromatic rings. The summed E-state index contributed by atoms with van der Waals surface area (Å²) in [5.74, 6) is 1.18. The molecular formula is C18H22N2O3. The molecule has 0 saturated carbocycles. The van der Waals surface area contributed by atoms with E-state index in [-0.39, 0.29) is 18.0 Å². The predicted molar refractivity (Wildman–Crippen MR) is 87.4 cm³/mol. The van der Waals surface area contributed by atoms with Crippen molar-refractivity contribution in [1.29, 1.82) is 0 Å². The number of methoxy groups -OCH3 is 1. The van der Waals surface area contributed by atoms with Crippen molar-refractivity contribution in [2.45, 2.75) is 45.2 Å². The Kier molecular flexibility index (Phi) is 4.37. The van der Waals surface area contributed by atoms with Gasteiger partial charge in [0.2, 0.25) is 0 Å². The van der Waals surface area contributed by atoms with E-state index in [0.29, 0.717) is 17.2 Å². The number of ether oxygens (including phenoxy) is 1. The van der Waals surface area contributed by atoms with Crippen LogP contribution in [0.4, 0.5) is 0 Å². The molecule has 3 rings (SSSR count). The fourth-order valence-electron chi connectivity index (χ4n) is 3.31. The number of piperidine rings is 1. The molecule has 1 aliphatic heterocycles. The summed E-state index contributed by atoms with van der Waals surface area (Å²) in [5, 5.41) is 3.99. The van der Waals surface area contributed by atoms with E-state index >= 15 is 0 Å². The minimum atomic E-state index is -0.0606. The molecule has 0 aliphatic carbocycles. The lowest BCUT2D eigenvalue weighted by Crippen LogP contribution is -2.47. The average molecular weight is 314 g/mol. The maximum atomic E-state index is 12.8. The number of rotatable bonds is 3. The molecule has 5 nitrogen and oxygen atoms in total. The van der Waals surface area contributed by atoms with E-state index in [1.54, 1.807) is 13.2 Å². The SMILES string of the molecule is COc1ccccc1-c1cc(C(=O)N2C(C)CCCC2C)no1. The van der Waals surface area contributed by atoms with Gasteiger partial charge in [-0.3, -0.25) is 4.79 Å². The first-order chi connectivity index (χ1) is 11.1. The highest BCUT2D eigenvalue weighted by molar-refractivity contribution is 5.93. The summed E-state index contributed by atoms with van der Waals surface area (Å²) >= 11 is 0. The Morgan fingerprint density at radius 3 is 2.65 bits per heavy atom. The van der Waals surface area contributed by atoms with Crippen molar-refractivity contribution in [3.63, 3.8) is 0 Å². The van der Waals surface area contributed by atoms with Gasteiger partial charge in [0.15, 0.2) is 11.5 Å². The average Bonchev–Trinajstić information content (AvgIpc) is 3.04. The van der Waals surface area contributed by atoms with Gasteiger partial charge in [0, 0.05) is 18.2 Å². The van der Waals surface area contributed by atoms with Crippen LogP contribution in [-0.2, 0) is 0 Å². The lowest BCUT2D eigenvalue weighted by atomic mass is 9.97. The van der Waals surface area contributed by atoms with Gasteiger partial charge in [0.25, 0.3) is 5.91 Å². The van der Waals surface area contributed by atoms with Crippen LogP contribution in [0.15, 0.2) is 34.9 Å². The van der Waals surface area contributed by atoms with Gasteiger partial charge in [-0.2, -0.15) is 0 Å². The molecule has 122 valence electrons. The standard InChI is InChI=1S/C18H22N2O3/c1-12-7-6-8-13(2)20(12)18(21)15-11-17(23-19-15)14-9-4-5-10-16(14)22-3/h4-5,9-13H,6-8H2,1-3H3. The summed E-state index contributed by atoms with van der Waals surface area (Å²) < 4.78 is 10.7. The second-order valence-corrected chi connectivity index (χ2v) is 6.12. The predicted octanol–water partition coefficient (Wildman–Crippen LogP) is 3.75. The summed E-state index contributed by atoms with van der Waals surface area (Å²) in [7, 11) is 1.61. The summed E-state index contributed by atoms with van der Waals surface area (Å²) in [4.78, 5) is 14.7. The molecular weight excluding hydrogens is 292 g/mol. The van der Waals surface area contributed by atoms with Crippen LogP contribution in [0.3, 0.4) is 0 Å². The second-order valence-electron chi connectivity index (χ2n) is 6.12. The van der Waals surface area contributed by atoms with Crippen LogP contribution in [0.5, 0.6) is 5.75 Å². The van der Waals surface area contributed by atoms with Crippen LogP contribution in [-0.4, -0.2) is 35.2 Å². The van der Waals surface area contributed by atoms with E-state index in [2.05, 4.69) is 19.0 Å². The van der Waals surface area contributed by atoms with E-state index in [1.165, 1.54) is 0 Å². The first kappa shape index (κ1) is 15.6. The van der Waals surface area contributed by atoms with Gasteiger partial charge in [-0.25, -0.2) is 0 Å². The normalized spacial score (nSPS) is 21.3. The van der Waals surface area contributed by atoms with Crippen LogP contribution in [0.2, 0.25) is 0 Å². The Balaban J connectivity index is 1.88. The number of hydrogen-bond donors (Lipinski definition) is 0. The number of carbonyl (C=O) groups excluding carboxylic acids is 1. The van der Waals surface area contributed by atoms with Crippen molar-refractivity contribution in [2.24, 2.45) is 0 Å². The van der Waals surface area contributed by atoms with Gasteiger partial charge < -0.3 is 14.2 Å². The Morgan fingerprint density at radius 2 is 1.96 bits per heavy atom. The van der Waals surface area contributed by atoms with E-state index in [0.717, 1.165) is 24.8 Å². The molecule has 2 heterocycles. The van der Waals surface area contributed by atoms with E-state index in [1.807, 2.05) is 29.2 Å². The quantitative estimate of drug-likeness (QED) is 0.865. The zero-order chi connectivity index (χ0) is 16.4. The topological polar surface area (TPSA) is 55.6 Å². The van der Waals surface area contributed by atoms with Crippen molar-refractivity contribution in [3.8, 4) is 17.1 Å². The lowest BCUT2D eigenvalue weighted by Gasteiger charge is -2.38. The molecule has 1 fully saturated rings. The summed E-state index contributed by atoms with van der Waals surface area (Å²) in [6.45, 7) is 4.18. The molecule has 1 saturated heterocycles. The summed E-state index contributed by atoms with van der Waals surface area (Å²) in [6.07, 6.45) is 3.23. The number of amides is 1. The molecule has 1 amide bonds. The Labute approximate surface area is 136 Å². The molecule has 0 bridgehead atoms. The van der Waals surface area contributed by atoms with Gasteiger partial charge >= 0.3 is 0 Å². The van der Waals surface area contributed by atoms with Crippen molar-refractivity contribution in [3.05, 3.63) is 36.0 Å². The van der Waals surface area contributed by atoms with Crippen LogP contribution in [0, 0.1) is 0 Å². The number of nitrogens with zero attached hydrogens (tertiary/aromatic N) is 2. The van der Waals surface area contributed by atoms with Gasteiger partial charge in [0.05, 0.1) is 12.7 Å². The molecule has 1 aromatic heterocycles. The second kappa shape index (κ2) is 6.44. The fraction of sp³-hybridized carbons (Fsp3) is 0.444. The number of aromatic nitrogens is 1. The zero-order valence-corrected chi connectivity index (χ0v) is 13.8. The minimum absolute atomic E-state index is 0.0606. The Hall–Kier alpha value is -2.30. The number of hydrogen-bond acceptors (Lipinski definition) is 4. The molecule has 0 radical (unpaired) electrons. The largest absolute Gasteiger partial charge is 0.496 e. The van der Waals surface area contributed by atoms with Crippen molar-refractivity contribution < 1.29 is 14.1 Å². The first-order valence-corrected chi connectivity index (χ1v) is 8.04. The highest BCUT2D eigenvalue weighted by atomic mass is 16.5. The third-order valence-corrected chi connectivity index (χ3v) is 4.53. The van der Waals surface area contributed by atoms with Crippen LogP contribution in [0.25, 0.3) is 11.3 Å². The van der Waals surface area contributed by atoms with Gasteiger partial charge in [-0.1, -0.05) is 17.3 Å². The van der Waals surface area contributed by atoms with E-state index in [9.17, 15) is 4.79 Å². The molecule has 2 atom stereocenters. The van der Waals surface area contributed by atoms with Gasteiger partial charge in [-0.05, 0) is 45.2 Å². The molecule has 5 heteroatoms. The maximum absolute atomic E-state index is 12.8. The molecule has 0 N–H and O–H groups in total. The third-order valence-electron chi connectivity index (χ3n) is 4.53. The number of likely N-dealkylation sites (tertiary alicyclic amines) is 1. The maximum Gasteiger partial charge on any atom is 0.276 e. The molecule has 1 aromatic carbocycles. The highest BCUT2D eigenvalue weighted by Crippen LogP contribution is 2.31.